The number of halogens is 1. The van der Waals surface area contributed by atoms with Gasteiger partial charge in [0.2, 0.25) is 5.13 Å². The molecule has 2 heterocycles. The molecule has 1 N–H and O–H groups in total. The summed E-state index contributed by atoms with van der Waals surface area (Å²) >= 11 is 1.39. The standard InChI is InChI=1S/C16H19FN4OS/c17-13-6-4-12(5-7-13)15(22)18-16-20-19-14(23-16)8-11-21-9-2-1-3-10-21/h4-7H,1-3,8-11H2,(H,18,20,22). The highest BCUT2D eigenvalue weighted by Gasteiger charge is 2.13. The summed E-state index contributed by atoms with van der Waals surface area (Å²) in [6.07, 6.45) is 4.73. The number of carbonyl (C=O) groups is 1. The number of aromatic nitrogens is 2. The van der Waals surface area contributed by atoms with E-state index in [9.17, 15) is 9.18 Å². The topological polar surface area (TPSA) is 58.1 Å². The number of hydrogen-bond acceptors (Lipinski definition) is 5. The number of hydrogen-bond donors (Lipinski definition) is 1. The predicted octanol–water partition coefficient (Wildman–Crippen LogP) is 2.96. The van der Waals surface area contributed by atoms with Crippen molar-refractivity contribution in [2.75, 3.05) is 25.0 Å². The van der Waals surface area contributed by atoms with Crippen LogP contribution in [0.2, 0.25) is 0 Å². The number of benzene rings is 1. The fraction of sp³-hybridized carbons (Fsp3) is 0.438. The van der Waals surface area contributed by atoms with E-state index in [-0.39, 0.29) is 11.7 Å². The number of likely N-dealkylation sites (tertiary alicyclic amines) is 1. The van der Waals surface area contributed by atoms with Gasteiger partial charge in [0.15, 0.2) is 0 Å². The Balaban J connectivity index is 1.52. The smallest absolute Gasteiger partial charge is 0.257 e. The van der Waals surface area contributed by atoms with E-state index < -0.39 is 0 Å². The minimum Gasteiger partial charge on any atom is -0.303 e. The first-order valence-corrected chi connectivity index (χ1v) is 8.64. The maximum atomic E-state index is 12.9. The summed E-state index contributed by atoms with van der Waals surface area (Å²) in [6.45, 7) is 3.31. The molecule has 1 aromatic heterocycles. The van der Waals surface area contributed by atoms with E-state index in [2.05, 4.69) is 20.4 Å². The molecule has 0 aliphatic carbocycles. The van der Waals surface area contributed by atoms with Crippen molar-refractivity contribution >= 4 is 22.4 Å². The van der Waals surface area contributed by atoms with Gasteiger partial charge in [-0.3, -0.25) is 10.1 Å². The Morgan fingerprint density at radius 2 is 1.91 bits per heavy atom. The Bertz CT molecular complexity index is 652. The van der Waals surface area contributed by atoms with Crippen LogP contribution in [0.3, 0.4) is 0 Å². The molecule has 0 unspecified atom stereocenters. The van der Waals surface area contributed by atoms with Crippen LogP contribution in [0.15, 0.2) is 24.3 Å². The number of amides is 1. The van der Waals surface area contributed by atoms with E-state index in [0.717, 1.165) is 31.1 Å². The molecule has 3 rings (SSSR count). The maximum absolute atomic E-state index is 12.9. The maximum Gasteiger partial charge on any atom is 0.257 e. The molecule has 1 saturated heterocycles. The van der Waals surface area contributed by atoms with Crippen molar-refractivity contribution in [3.05, 3.63) is 40.7 Å². The van der Waals surface area contributed by atoms with Crippen LogP contribution < -0.4 is 5.32 Å². The van der Waals surface area contributed by atoms with E-state index in [4.69, 9.17) is 0 Å². The molecule has 2 aromatic rings. The molecule has 7 heteroatoms. The predicted molar refractivity (Wildman–Crippen MR) is 88.3 cm³/mol. The van der Waals surface area contributed by atoms with E-state index >= 15 is 0 Å². The van der Waals surface area contributed by atoms with Crippen molar-refractivity contribution in [1.82, 2.24) is 15.1 Å². The van der Waals surface area contributed by atoms with E-state index in [0.29, 0.717) is 10.7 Å². The summed E-state index contributed by atoms with van der Waals surface area (Å²) in [5.41, 5.74) is 0.400. The molecular weight excluding hydrogens is 315 g/mol. The highest BCUT2D eigenvalue weighted by atomic mass is 32.1. The van der Waals surface area contributed by atoms with Crippen LogP contribution in [-0.2, 0) is 6.42 Å². The van der Waals surface area contributed by atoms with Crippen molar-refractivity contribution in [3.8, 4) is 0 Å². The van der Waals surface area contributed by atoms with Gasteiger partial charge in [-0.05, 0) is 50.2 Å². The molecule has 0 atom stereocenters. The van der Waals surface area contributed by atoms with Gasteiger partial charge in [0.1, 0.15) is 10.8 Å². The molecule has 0 bridgehead atoms. The highest BCUT2D eigenvalue weighted by Crippen LogP contribution is 2.18. The molecule has 1 aliphatic heterocycles. The van der Waals surface area contributed by atoms with E-state index in [1.165, 1.54) is 54.9 Å². The Labute approximate surface area is 138 Å². The van der Waals surface area contributed by atoms with Gasteiger partial charge in [-0.1, -0.05) is 17.8 Å². The fourth-order valence-corrected chi connectivity index (χ4v) is 3.34. The Morgan fingerprint density at radius 3 is 2.65 bits per heavy atom. The molecule has 0 radical (unpaired) electrons. The number of rotatable bonds is 5. The van der Waals surface area contributed by atoms with Gasteiger partial charge in [-0.2, -0.15) is 0 Å². The molecule has 0 spiro atoms. The lowest BCUT2D eigenvalue weighted by molar-refractivity contribution is 0.102. The van der Waals surface area contributed by atoms with Crippen molar-refractivity contribution in [2.24, 2.45) is 0 Å². The first-order valence-electron chi connectivity index (χ1n) is 7.82. The van der Waals surface area contributed by atoms with Crippen LogP contribution in [0, 0.1) is 5.82 Å². The first kappa shape index (κ1) is 16.0. The molecule has 0 saturated carbocycles. The average Bonchev–Trinajstić information content (AvgIpc) is 3.02. The molecular formula is C16H19FN4OS. The van der Waals surface area contributed by atoms with Crippen molar-refractivity contribution in [3.63, 3.8) is 0 Å². The van der Waals surface area contributed by atoms with Crippen LogP contribution in [0.1, 0.15) is 34.6 Å². The normalized spacial score (nSPS) is 15.5. The number of anilines is 1. The SMILES string of the molecule is O=C(Nc1nnc(CCN2CCCCC2)s1)c1ccc(F)cc1. The number of carbonyl (C=O) groups excluding carboxylic acids is 1. The zero-order chi connectivity index (χ0) is 16.1. The van der Waals surface area contributed by atoms with Gasteiger partial charge in [-0.15, -0.1) is 10.2 Å². The summed E-state index contributed by atoms with van der Waals surface area (Å²) in [5.74, 6) is -0.666. The lowest BCUT2D eigenvalue weighted by Crippen LogP contribution is -2.31. The largest absolute Gasteiger partial charge is 0.303 e. The van der Waals surface area contributed by atoms with Gasteiger partial charge in [0.05, 0.1) is 0 Å². The molecule has 23 heavy (non-hydrogen) atoms. The molecule has 1 aromatic carbocycles. The van der Waals surface area contributed by atoms with Gasteiger partial charge < -0.3 is 4.90 Å². The van der Waals surface area contributed by atoms with Crippen molar-refractivity contribution < 1.29 is 9.18 Å². The minimum atomic E-state index is -0.363. The second-order valence-corrected chi connectivity index (χ2v) is 6.68. The Kier molecular flexibility index (Phi) is 5.30. The third-order valence-electron chi connectivity index (χ3n) is 3.88. The molecule has 5 nitrogen and oxygen atoms in total. The summed E-state index contributed by atoms with van der Waals surface area (Å²) < 4.78 is 12.9. The lowest BCUT2D eigenvalue weighted by Gasteiger charge is -2.25. The Morgan fingerprint density at radius 1 is 1.17 bits per heavy atom. The minimum absolute atomic E-state index is 0.302. The summed E-state index contributed by atoms with van der Waals surface area (Å²) in [4.78, 5) is 14.5. The fourth-order valence-electron chi connectivity index (χ4n) is 2.61. The van der Waals surface area contributed by atoms with Crippen molar-refractivity contribution in [1.29, 1.82) is 0 Å². The third-order valence-corrected chi connectivity index (χ3v) is 4.78. The second kappa shape index (κ2) is 7.61. The molecule has 122 valence electrons. The van der Waals surface area contributed by atoms with Crippen LogP contribution in [0.25, 0.3) is 0 Å². The van der Waals surface area contributed by atoms with Crippen LogP contribution in [0.4, 0.5) is 9.52 Å². The van der Waals surface area contributed by atoms with Crippen LogP contribution in [0.5, 0.6) is 0 Å². The van der Waals surface area contributed by atoms with Gasteiger partial charge in [0, 0.05) is 18.5 Å². The first-order chi connectivity index (χ1) is 11.2. The number of piperidine rings is 1. The number of nitrogens with zero attached hydrogens (tertiary/aromatic N) is 3. The lowest BCUT2D eigenvalue weighted by atomic mass is 10.1. The third kappa shape index (κ3) is 4.56. The van der Waals surface area contributed by atoms with Gasteiger partial charge in [0.25, 0.3) is 5.91 Å². The second-order valence-electron chi connectivity index (χ2n) is 5.61. The Hall–Kier alpha value is -1.86. The molecule has 1 amide bonds. The van der Waals surface area contributed by atoms with Crippen LogP contribution in [-0.4, -0.2) is 40.6 Å². The molecule has 1 fully saturated rings. The van der Waals surface area contributed by atoms with Crippen molar-refractivity contribution in [2.45, 2.75) is 25.7 Å². The van der Waals surface area contributed by atoms with E-state index in [1.54, 1.807) is 0 Å². The van der Waals surface area contributed by atoms with Gasteiger partial charge in [-0.25, -0.2) is 4.39 Å². The number of nitrogens with one attached hydrogen (secondary N) is 1. The summed E-state index contributed by atoms with van der Waals surface area (Å²) in [6, 6.07) is 5.42. The van der Waals surface area contributed by atoms with Crippen LogP contribution >= 0.6 is 11.3 Å². The monoisotopic (exact) mass is 334 g/mol. The summed E-state index contributed by atoms with van der Waals surface area (Å²) in [7, 11) is 0. The van der Waals surface area contributed by atoms with E-state index in [1.807, 2.05) is 0 Å². The zero-order valence-electron chi connectivity index (χ0n) is 12.8. The average molecular weight is 334 g/mol. The van der Waals surface area contributed by atoms with Gasteiger partial charge >= 0.3 is 0 Å². The quantitative estimate of drug-likeness (QED) is 0.913. The summed E-state index contributed by atoms with van der Waals surface area (Å²) in [5, 5.41) is 12.2. The highest BCUT2D eigenvalue weighted by molar-refractivity contribution is 7.15. The molecule has 1 aliphatic rings. The zero-order valence-corrected chi connectivity index (χ0v) is 13.6.